The molecule has 0 aliphatic heterocycles. The second kappa shape index (κ2) is 10.5. The fourth-order valence-electron chi connectivity index (χ4n) is 4.23. The molecule has 0 amide bonds. The number of aromatic nitrogens is 3. The molecule has 0 bridgehead atoms. The van der Waals surface area contributed by atoms with E-state index >= 15 is 0 Å². The molecular formula is C23H25BrFN5O4S. The Hall–Kier alpha value is -2.67. The molecule has 1 saturated carbocycles. The summed E-state index contributed by atoms with van der Waals surface area (Å²) in [6.07, 6.45) is 5.42. The van der Waals surface area contributed by atoms with E-state index in [4.69, 9.17) is 5.14 Å². The van der Waals surface area contributed by atoms with Gasteiger partial charge in [0, 0.05) is 28.6 Å². The molecule has 0 spiro atoms. The summed E-state index contributed by atoms with van der Waals surface area (Å²) in [5.41, 5.74) is 1.75. The number of hydrogen-bond donors (Lipinski definition) is 2. The summed E-state index contributed by atoms with van der Waals surface area (Å²) in [5.74, 6) is -0.412. The molecule has 0 radical (unpaired) electrons. The molecule has 12 heteroatoms. The molecule has 4 atom stereocenters. The Labute approximate surface area is 211 Å². The van der Waals surface area contributed by atoms with Crippen molar-refractivity contribution in [1.29, 1.82) is 0 Å². The van der Waals surface area contributed by atoms with E-state index in [2.05, 4.69) is 35.4 Å². The first-order chi connectivity index (χ1) is 16.6. The van der Waals surface area contributed by atoms with Crippen molar-refractivity contribution in [2.45, 2.75) is 38.0 Å². The average molecular weight is 566 g/mol. The molecule has 1 fully saturated rings. The van der Waals surface area contributed by atoms with Crippen LogP contribution in [0, 0.1) is 5.92 Å². The molecule has 0 saturated heterocycles. The molecule has 1 aliphatic rings. The van der Waals surface area contributed by atoms with E-state index < -0.39 is 22.5 Å². The lowest BCUT2D eigenvalue weighted by Gasteiger charge is -2.17. The summed E-state index contributed by atoms with van der Waals surface area (Å²) in [6.45, 7) is 1.84. The van der Waals surface area contributed by atoms with Crippen LogP contribution in [-0.2, 0) is 14.5 Å². The highest BCUT2D eigenvalue weighted by molar-refractivity contribution is 9.10. The van der Waals surface area contributed by atoms with Crippen molar-refractivity contribution in [2.75, 3.05) is 11.9 Å². The third-order valence-corrected chi connectivity index (χ3v) is 7.04. The Morgan fingerprint density at radius 2 is 2.17 bits per heavy atom. The highest BCUT2D eigenvalue weighted by Crippen LogP contribution is 2.32. The highest BCUT2D eigenvalue weighted by atomic mass is 79.9. The summed E-state index contributed by atoms with van der Waals surface area (Å²) in [4.78, 5) is 21.4. The van der Waals surface area contributed by atoms with Crippen LogP contribution in [0.2, 0.25) is 0 Å². The fourth-order valence-corrected chi connectivity index (χ4v) is 5.03. The zero-order valence-corrected chi connectivity index (χ0v) is 21.2. The van der Waals surface area contributed by atoms with Crippen LogP contribution in [0.1, 0.15) is 47.3 Å². The molecular weight excluding hydrogens is 541 g/mol. The zero-order chi connectivity index (χ0) is 25.2. The summed E-state index contributed by atoms with van der Waals surface area (Å²) < 4.78 is 44.2. The van der Waals surface area contributed by atoms with Crippen LogP contribution in [0.15, 0.2) is 59.7 Å². The third kappa shape index (κ3) is 6.31. The molecule has 2 heterocycles. The number of alkyl halides is 1. The first kappa shape index (κ1) is 25.4. The van der Waals surface area contributed by atoms with Crippen molar-refractivity contribution in [3.63, 3.8) is 0 Å². The topological polar surface area (TPSA) is 129 Å². The van der Waals surface area contributed by atoms with E-state index in [0.29, 0.717) is 12.0 Å². The van der Waals surface area contributed by atoms with Crippen molar-refractivity contribution in [2.24, 2.45) is 11.1 Å². The Balaban J connectivity index is 1.48. The number of nitrogens with zero attached hydrogens (tertiary/aromatic N) is 3. The summed E-state index contributed by atoms with van der Waals surface area (Å²) in [5, 5.41) is 7.86. The standard InChI is InChI=1S/C23H25BrFN5O4S/c1-14(16-3-2-4-18(24)9-16)30-6-5-17(11-30)22(31)19-10-27-13-28-23(19)29-21-8-15(7-20(21)25)12-34-35(26,32)33/h2-6,9-11,13-15,20-21H,7-8,12H2,1H3,(H2,26,32,33)(H,27,28,29). The Kier molecular flexibility index (Phi) is 7.64. The van der Waals surface area contributed by atoms with Crippen LogP contribution in [0.4, 0.5) is 10.2 Å². The maximum Gasteiger partial charge on any atom is 0.333 e. The van der Waals surface area contributed by atoms with Gasteiger partial charge in [-0.05, 0) is 49.4 Å². The van der Waals surface area contributed by atoms with Gasteiger partial charge in [0.1, 0.15) is 18.3 Å². The lowest BCUT2D eigenvalue weighted by atomic mass is 10.1. The predicted molar refractivity (Wildman–Crippen MR) is 132 cm³/mol. The molecule has 1 aromatic carbocycles. The summed E-state index contributed by atoms with van der Waals surface area (Å²) in [7, 11) is -4.09. The SMILES string of the molecule is CC(c1cccc(Br)c1)n1ccc(C(=O)c2cncnc2NC2CC(COS(N)(=O)=O)CC2F)c1. The predicted octanol–water partition coefficient (Wildman–Crippen LogP) is 3.63. The summed E-state index contributed by atoms with van der Waals surface area (Å²) in [6, 6.07) is 9.01. The van der Waals surface area contributed by atoms with E-state index in [9.17, 15) is 17.6 Å². The molecule has 4 unspecified atom stereocenters. The average Bonchev–Trinajstić information content (AvgIpc) is 3.44. The second-order valence-electron chi connectivity index (χ2n) is 8.57. The highest BCUT2D eigenvalue weighted by Gasteiger charge is 2.36. The maximum absolute atomic E-state index is 14.6. The zero-order valence-electron chi connectivity index (χ0n) is 18.8. The number of hydrogen-bond acceptors (Lipinski definition) is 7. The Morgan fingerprint density at radius 3 is 2.91 bits per heavy atom. The van der Waals surface area contributed by atoms with Crippen LogP contribution in [0.25, 0.3) is 0 Å². The van der Waals surface area contributed by atoms with Gasteiger partial charge in [0.15, 0.2) is 5.78 Å². The van der Waals surface area contributed by atoms with Crippen molar-refractivity contribution in [3.8, 4) is 0 Å². The minimum Gasteiger partial charge on any atom is -0.364 e. The monoisotopic (exact) mass is 565 g/mol. The second-order valence-corrected chi connectivity index (χ2v) is 10.7. The molecule has 186 valence electrons. The minimum absolute atomic E-state index is 0.000871. The molecule has 9 nitrogen and oxygen atoms in total. The lowest BCUT2D eigenvalue weighted by molar-refractivity contribution is 0.103. The number of carbonyl (C=O) groups is 1. The number of nitrogens with one attached hydrogen (secondary N) is 1. The van der Waals surface area contributed by atoms with Gasteiger partial charge in [0.05, 0.1) is 24.3 Å². The van der Waals surface area contributed by atoms with Crippen LogP contribution in [0.5, 0.6) is 0 Å². The minimum atomic E-state index is -4.09. The van der Waals surface area contributed by atoms with Crippen LogP contribution >= 0.6 is 15.9 Å². The number of carbonyl (C=O) groups excluding carboxylic acids is 1. The maximum atomic E-state index is 14.6. The van der Waals surface area contributed by atoms with Crippen molar-refractivity contribution in [1.82, 2.24) is 14.5 Å². The van der Waals surface area contributed by atoms with Gasteiger partial charge in [-0.2, -0.15) is 8.42 Å². The lowest BCUT2D eigenvalue weighted by Crippen LogP contribution is -2.27. The van der Waals surface area contributed by atoms with Gasteiger partial charge in [-0.3, -0.25) is 8.98 Å². The van der Waals surface area contributed by atoms with Gasteiger partial charge in [0.25, 0.3) is 0 Å². The Bertz CT molecular complexity index is 1320. The first-order valence-electron chi connectivity index (χ1n) is 11.0. The van der Waals surface area contributed by atoms with Gasteiger partial charge < -0.3 is 9.88 Å². The van der Waals surface area contributed by atoms with Crippen molar-refractivity contribution >= 4 is 37.8 Å². The van der Waals surface area contributed by atoms with E-state index in [0.717, 1.165) is 10.0 Å². The number of nitrogens with two attached hydrogens (primary N) is 1. The quantitative estimate of drug-likeness (QED) is 0.379. The fraction of sp³-hybridized carbons (Fsp3) is 0.348. The van der Waals surface area contributed by atoms with Crippen LogP contribution in [-0.4, -0.2) is 47.6 Å². The smallest absolute Gasteiger partial charge is 0.333 e. The normalized spacial score (nSPS) is 21.1. The van der Waals surface area contributed by atoms with E-state index in [1.165, 1.54) is 12.5 Å². The number of ketones is 1. The largest absolute Gasteiger partial charge is 0.364 e. The molecule has 1 aliphatic carbocycles. The number of rotatable bonds is 9. The van der Waals surface area contributed by atoms with Crippen molar-refractivity contribution in [3.05, 3.63) is 76.4 Å². The van der Waals surface area contributed by atoms with E-state index in [1.807, 2.05) is 42.0 Å². The number of halogens is 2. The molecule has 35 heavy (non-hydrogen) atoms. The van der Waals surface area contributed by atoms with Crippen molar-refractivity contribution < 1.29 is 21.8 Å². The van der Waals surface area contributed by atoms with E-state index in [-0.39, 0.29) is 42.2 Å². The molecule has 2 aromatic heterocycles. The Morgan fingerprint density at radius 1 is 1.37 bits per heavy atom. The first-order valence-corrected chi connectivity index (χ1v) is 13.2. The van der Waals surface area contributed by atoms with Gasteiger partial charge in [-0.1, -0.05) is 28.1 Å². The van der Waals surface area contributed by atoms with Gasteiger partial charge in [0.2, 0.25) is 0 Å². The van der Waals surface area contributed by atoms with Crippen LogP contribution < -0.4 is 10.5 Å². The van der Waals surface area contributed by atoms with Gasteiger partial charge in [-0.25, -0.2) is 19.5 Å². The number of benzene rings is 1. The van der Waals surface area contributed by atoms with Gasteiger partial charge >= 0.3 is 10.3 Å². The summed E-state index contributed by atoms with van der Waals surface area (Å²) >= 11 is 3.48. The van der Waals surface area contributed by atoms with E-state index in [1.54, 1.807) is 12.3 Å². The van der Waals surface area contributed by atoms with Gasteiger partial charge in [-0.15, -0.1) is 0 Å². The molecule has 3 N–H and O–H groups in total. The molecule has 3 aromatic rings. The molecule has 4 rings (SSSR count). The number of anilines is 1. The third-order valence-electron chi connectivity index (χ3n) is 6.08. The van der Waals surface area contributed by atoms with Crippen LogP contribution in [0.3, 0.4) is 0 Å².